The average Bonchev–Trinajstić information content (AvgIpc) is 3.13. The van der Waals surface area contributed by atoms with E-state index >= 15 is 0 Å². The van der Waals surface area contributed by atoms with E-state index in [9.17, 15) is 5.11 Å². The number of aryl methyl sites for hydroxylation is 2. The quantitative estimate of drug-likeness (QED) is 0.913. The van der Waals surface area contributed by atoms with Crippen molar-refractivity contribution >= 4 is 11.3 Å². The van der Waals surface area contributed by atoms with Gasteiger partial charge in [0.25, 0.3) is 0 Å². The van der Waals surface area contributed by atoms with Gasteiger partial charge in [-0.25, -0.2) is 0 Å². The van der Waals surface area contributed by atoms with Crippen LogP contribution in [0.3, 0.4) is 0 Å². The Labute approximate surface area is 117 Å². The van der Waals surface area contributed by atoms with Gasteiger partial charge in [-0.05, 0) is 56.0 Å². The van der Waals surface area contributed by atoms with E-state index in [-0.39, 0.29) is 0 Å². The maximum atomic E-state index is 10.4. The lowest BCUT2D eigenvalue weighted by Crippen LogP contribution is -2.00. The molecule has 2 nitrogen and oxygen atoms in total. The summed E-state index contributed by atoms with van der Waals surface area (Å²) in [6.07, 6.45) is 2.20. The summed E-state index contributed by atoms with van der Waals surface area (Å²) in [6.45, 7) is 4.13. The highest BCUT2D eigenvalue weighted by Crippen LogP contribution is 2.32. The number of hydrogen-bond donors (Lipinski definition) is 1. The molecule has 0 bridgehead atoms. The third-order valence-electron chi connectivity index (χ3n) is 3.40. The lowest BCUT2D eigenvalue weighted by molar-refractivity contribution is 0.220. The molecule has 0 amide bonds. The number of aliphatic hydroxyl groups excluding tert-OH is 1. The van der Waals surface area contributed by atoms with Crippen LogP contribution in [-0.2, 0) is 0 Å². The summed E-state index contributed by atoms with van der Waals surface area (Å²) in [5, 5.41) is 10.4. The number of hydrogen-bond acceptors (Lipinski definition) is 3. The molecule has 3 rings (SSSR count). The van der Waals surface area contributed by atoms with Crippen molar-refractivity contribution in [3.63, 3.8) is 0 Å². The third kappa shape index (κ3) is 2.82. The van der Waals surface area contributed by atoms with Gasteiger partial charge >= 0.3 is 0 Å². The maximum absolute atomic E-state index is 10.4. The molecular weight excluding hydrogens is 256 g/mol. The molecule has 1 unspecified atom stereocenters. The van der Waals surface area contributed by atoms with Crippen molar-refractivity contribution in [3.8, 4) is 5.75 Å². The van der Waals surface area contributed by atoms with Crippen LogP contribution in [0.4, 0.5) is 0 Å². The fourth-order valence-corrected chi connectivity index (χ4v) is 3.17. The minimum Gasteiger partial charge on any atom is -0.490 e. The minimum atomic E-state index is -0.542. The molecule has 0 saturated heterocycles. The lowest BCUT2D eigenvalue weighted by Gasteiger charge is -2.12. The van der Waals surface area contributed by atoms with Crippen LogP contribution in [0.2, 0.25) is 0 Å². The van der Waals surface area contributed by atoms with Gasteiger partial charge in [0.2, 0.25) is 0 Å². The van der Waals surface area contributed by atoms with Gasteiger partial charge in [0.15, 0.2) is 0 Å². The van der Waals surface area contributed by atoms with Crippen LogP contribution in [0.1, 0.15) is 39.8 Å². The van der Waals surface area contributed by atoms with Crippen molar-refractivity contribution in [3.05, 3.63) is 51.2 Å². The highest BCUT2D eigenvalue weighted by Gasteiger charge is 2.23. The van der Waals surface area contributed by atoms with E-state index in [0.717, 1.165) is 29.7 Å². The Bertz CT molecular complexity index is 567. The van der Waals surface area contributed by atoms with Crippen molar-refractivity contribution < 1.29 is 9.84 Å². The summed E-state index contributed by atoms with van der Waals surface area (Å²) < 4.78 is 5.71. The van der Waals surface area contributed by atoms with E-state index in [0.29, 0.717) is 6.10 Å². The molecule has 0 aliphatic heterocycles. The zero-order chi connectivity index (χ0) is 13.4. The molecule has 1 saturated carbocycles. The minimum absolute atomic E-state index is 0.414. The Hall–Kier alpha value is -1.32. The molecule has 0 spiro atoms. The highest BCUT2D eigenvalue weighted by atomic mass is 32.1. The molecular formula is C16H18O2S. The molecule has 1 aromatic carbocycles. The standard InChI is InChI=1S/C16H18O2S/c1-10-9-15(11(2)19-10)16(17)12-3-5-13(6-4-12)18-14-7-8-14/h3-6,9,14,16-17H,7-8H2,1-2H3. The van der Waals surface area contributed by atoms with Gasteiger partial charge in [0.1, 0.15) is 11.9 Å². The van der Waals surface area contributed by atoms with Crippen molar-refractivity contribution in [1.29, 1.82) is 0 Å². The molecule has 1 fully saturated rings. The van der Waals surface area contributed by atoms with Gasteiger partial charge in [-0.1, -0.05) is 12.1 Å². The molecule has 1 N–H and O–H groups in total. The molecule has 1 aromatic heterocycles. The van der Waals surface area contributed by atoms with Gasteiger partial charge in [0, 0.05) is 9.75 Å². The van der Waals surface area contributed by atoms with Crippen molar-refractivity contribution in [2.75, 3.05) is 0 Å². The van der Waals surface area contributed by atoms with Crippen molar-refractivity contribution in [2.45, 2.75) is 38.9 Å². The number of rotatable bonds is 4. The molecule has 2 aromatic rings. The molecule has 100 valence electrons. The van der Waals surface area contributed by atoms with Gasteiger partial charge in [-0.15, -0.1) is 11.3 Å². The van der Waals surface area contributed by atoms with Crippen LogP contribution in [0.25, 0.3) is 0 Å². The van der Waals surface area contributed by atoms with E-state index in [1.165, 1.54) is 9.75 Å². The molecule has 1 atom stereocenters. The first-order valence-corrected chi connectivity index (χ1v) is 7.47. The second-order valence-corrected chi connectivity index (χ2v) is 6.62. The topological polar surface area (TPSA) is 29.5 Å². The zero-order valence-electron chi connectivity index (χ0n) is 11.2. The number of aliphatic hydroxyl groups is 1. The zero-order valence-corrected chi connectivity index (χ0v) is 12.0. The van der Waals surface area contributed by atoms with E-state index in [1.54, 1.807) is 11.3 Å². The van der Waals surface area contributed by atoms with Crippen LogP contribution in [0.5, 0.6) is 5.75 Å². The fraction of sp³-hybridized carbons (Fsp3) is 0.375. The third-order valence-corrected chi connectivity index (χ3v) is 4.38. The van der Waals surface area contributed by atoms with E-state index in [2.05, 4.69) is 19.9 Å². The van der Waals surface area contributed by atoms with Gasteiger partial charge < -0.3 is 9.84 Å². The first-order chi connectivity index (χ1) is 9.13. The first-order valence-electron chi connectivity index (χ1n) is 6.65. The maximum Gasteiger partial charge on any atom is 0.119 e. The first kappa shape index (κ1) is 12.7. The number of benzene rings is 1. The van der Waals surface area contributed by atoms with Crippen LogP contribution in [-0.4, -0.2) is 11.2 Å². The molecule has 1 heterocycles. The van der Waals surface area contributed by atoms with Crippen molar-refractivity contribution in [2.24, 2.45) is 0 Å². The fourth-order valence-electron chi connectivity index (χ4n) is 2.21. The summed E-state index contributed by atoms with van der Waals surface area (Å²) >= 11 is 1.73. The summed E-state index contributed by atoms with van der Waals surface area (Å²) in [4.78, 5) is 2.42. The molecule has 0 radical (unpaired) electrons. The molecule has 1 aliphatic rings. The summed E-state index contributed by atoms with van der Waals surface area (Å²) in [7, 11) is 0. The smallest absolute Gasteiger partial charge is 0.119 e. The second kappa shape index (κ2) is 4.99. The predicted octanol–water partition coefficient (Wildman–Crippen LogP) is 3.99. The number of thiophene rings is 1. The summed E-state index contributed by atoms with van der Waals surface area (Å²) in [6, 6.07) is 9.87. The Morgan fingerprint density at radius 1 is 1.21 bits per heavy atom. The highest BCUT2D eigenvalue weighted by molar-refractivity contribution is 7.12. The Balaban J connectivity index is 1.78. The average molecular weight is 274 g/mol. The Kier molecular flexibility index (Phi) is 3.33. The lowest BCUT2D eigenvalue weighted by atomic mass is 10.0. The van der Waals surface area contributed by atoms with Crippen molar-refractivity contribution in [1.82, 2.24) is 0 Å². The van der Waals surface area contributed by atoms with Crippen LogP contribution in [0, 0.1) is 13.8 Å². The van der Waals surface area contributed by atoms with Crippen LogP contribution >= 0.6 is 11.3 Å². The monoisotopic (exact) mass is 274 g/mol. The summed E-state index contributed by atoms with van der Waals surface area (Å²) in [5.74, 6) is 0.900. The van der Waals surface area contributed by atoms with Gasteiger partial charge in [0.05, 0.1) is 6.10 Å². The van der Waals surface area contributed by atoms with E-state index in [1.807, 2.05) is 24.3 Å². The normalized spacial score (nSPS) is 16.4. The number of ether oxygens (including phenoxy) is 1. The van der Waals surface area contributed by atoms with E-state index in [4.69, 9.17) is 4.74 Å². The SMILES string of the molecule is Cc1cc(C(O)c2ccc(OC3CC3)cc2)c(C)s1. The van der Waals surface area contributed by atoms with Crippen LogP contribution < -0.4 is 4.74 Å². The van der Waals surface area contributed by atoms with Gasteiger partial charge in [-0.3, -0.25) is 0 Å². The molecule has 19 heavy (non-hydrogen) atoms. The van der Waals surface area contributed by atoms with Crippen LogP contribution in [0.15, 0.2) is 30.3 Å². The Morgan fingerprint density at radius 3 is 2.42 bits per heavy atom. The molecule has 1 aliphatic carbocycles. The predicted molar refractivity (Wildman–Crippen MR) is 77.9 cm³/mol. The molecule has 3 heteroatoms. The summed E-state index contributed by atoms with van der Waals surface area (Å²) in [5.41, 5.74) is 1.93. The Morgan fingerprint density at radius 2 is 1.89 bits per heavy atom. The largest absolute Gasteiger partial charge is 0.490 e. The van der Waals surface area contributed by atoms with Gasteiger partial charge in [-0.2, -0.15) is 0 Å². The van der Waals surface area contributed by atoms with E-state index < -0.39 is 6.10 Å². The second-order valence-electron chi connectivity index (χ2n) is 5.16.